The van der Waals surface area contributed by atoms with Gasteiger partial charge in [-0.25, -0.2) is 9.18 Å². The lowest BCUT2D eigenvalue weighted by molar-refractivity contribution is -0.131. The fourth-order valence-corrected chi connectivity index (χ4v) is 1.66. The van der Waals surface area contributed by atoms with E-state index in [1.165, 1.54) is 18.2 Å². The van der Waals surface area contributed by atoms with E-state index in [0.717, 1.165) is 11.6 Å². The van der Waals surface area contributed by atoms with E-state index < -0.39 is 5.97 Å². The van der Waals surface area contributed by atoms with Crippen molar-refractivity contribution < 1.29 is 14.3 Å². The first kappa shape index (κ1) is 13.7. The van der Waals surface area contributed by atoms with Crippen LogP contribution in [0.5, 0.6) is 0 Å². The van der Waals surface area contributed by atoms with Gasteiger partial charge in [-0.3, -0.25) is 4.90 Å². The van der Waals surface area contributed by atoms with Crippen molar-refractivity contribution in [3.8, 4) is 0 Å². The van der Waals surface area contributed by atoms with Crippen LogP contribution in [-0.4, -0.2) is 29.6 Å². The van der Waals surface area contributed by atoms with Crippen molar-refractivity contribution in [2.45, 2.75) is 6.54 Å². The molecule has 0 aromatic heterocycles. The van der Waals surface area contributed by atoms with Gasteiger partial charge in [-0.15, -0.1) is 0 Å². The molecule has 1 N–H and O–H groups in total. The van der Waals surface area contributed by atoms with Crippen molar-refractivity contribution in [1.82, 2.24) is 4.90 Å². The van der Waals surface area contributed by atoms with Crippen molar-refractivity contribution in [2.75, 3.05) is 13.6 Å². The van der Waals surface area contributed by atoms with Crippen LogP contribution in [0.4, 0.5) is 4.39 Å². The summed E-state index contributed by atoms with van der Waals surface area (Å²) < 4.78 is 13.0. The monoisotopic (exact) mass is 257 g/mol. The second-order valence-corrected chi connectivity index (χ2v) is 4.15. The van der Waals surface area contributed by atoms with Crippen LogP contribution in [0.2, 0.25) is 5.02 Å². The lowest BCUT2D eigenvalue weighted by Crippen LogP contribution is -2.17. The quantitative estimate of drug-likeness (QED) is 0.824. The van der Waals surface area contributed by atoms with E-state index in [0.29, 0.717) is 18.1 Å². The van der Waals surface area contributed by atoms with Crippen LogP contribution in [0.1, 0.15) is 5.56 Å². The number of halogens is 2. The van der Waals surface area contributed by atoms with Crippen LogP contribution >= 0.6 is 11.6 Å². The number of likely N-dealkylation sites (N-methyl/N-ethyl adjacent to an activating group) is 1. The summed E-state index contributed by atoms with van der Waals surface area (Å²) >= 11 is 5.73. The minimum absolute atomic E-state index is 0.356. The second kappa shape index (κ2) is 6.37. The summed E-state index contributed by atoms with van der Waals surface area (Å²) in [5.74, 6) is -1.35. The molecule has 0 unspecified atom stereocenters. The predicted octanol–water partition coefficient (Wildman–Crippen LogP) is 2.55. The van der Waals surface area contributed by atoms with E-state index in [2.05, 4.69) is 0 Å². The van der Waals surface area contributed by atoms with Crippen molar-refractivity contribution in [3.05, 3.63) is 46.8 Å². The van der Waals surface area contributed by atoms with E-state index in [-0.39, 0.29) is 5.82 Å². The zero-order valence-corrected chi connectivity index (χ0v) is 10.1. The molecule has 0 aliphatic heterocycles. The first-order valence-electron chi connectivity index (χ1n) is 5.00. The Morgan fingerprint density at radius 3 is 2.82 bits per heavy atom. The average molecular weight is 258 g/mol. The summed E-state index contributed by atoms with van der Waals surface area (Å²) in [6.45, 7) is 0.974. The first-order chi connectivity index (χ1) is 7.97. The molecule has 1 aromatic rings. The van der Waals surface area contributed by atoms with Crippen molar-refractivity contribution in [3.63, 3.8) is 0 Å². The smallest absolute Gasteiger partial charge is 0.328 e. The van der Waals surface area contributed by atoms with Gasteiger partial charge in [0.1, 0.15) is 5.82 Å². The maximum Gasteiger partial charge on any atom is 0.328 e. The largest absolute Gasteiger partial charge is 0.478 e. The van der Waals surface area contributed by atoms with Crippen molar-refractivity contribution >= 4 is 17.6 Å². The maximum atomic E-state index is 13.0. The van der Waals surface area contributed by atoms with Crippen LogP contribution in [-0.2, 0) is 11.3 Å². The van der Waals surface area contributed by atoms with Crippen LogP contribution in [0.25, 0.3) is 0 Å². The van der Waals surface area contributed by atoms with Gasteiger partial charge in [-0.2, -0.15) is 0 Å². The van der Waals surface area contributed by atoms with Crippen LogP contribution < -0.4 is 0 Å². The molecular formula is C12H13ClFNO2. The Kier molecular flexibility index (Phi) is 5.12. The molecule has 0 atom stereocenters. The SMILES string of the molecule is CN(C/C=C/C(=O)O)Cc1cc(F)cc(Cl)c1. The molecule has 17 heavy (non-hydrogen) atoms. The van der Waals surface area contributed by atoms with E-state index in [4.69, 9.17) is 16.7 Å². The summed E-state index contributed by atoms with van der Waals surface area (Å²) in [4.78, 5) is 12.1. The minimum atomic E-state index is -0.979. The predicted molar refractivity (Wildman–Crippen MR) is 64.5 cm³/mol. The zero-order valence-electron chi connectivity index (χ0n) is 9.36. The Hall–Kier alpha value is -1.39. The third-order valence-corrected chi connectivity index (χ3v) is 2.27. The number of rotatable bonds is 5. The molecule has 0 aliphatic rings. The molecule has 3 nitrogen and oxygen atoms in total. The molecule has 0 saturated heterocycles. The van der Waals surface area contributed by atoms with Gasteiger partial charge in [0.25, 0.3) is 0 Å². The highest BCUT2D eigenvalue weighted by Crippen LogP contribution is 2.15. The lowest BCUT2D eigenvalue weighted by atomic mass is 10.2. The Bertz CT molecular complexity index is 414. The third kappa shape index (κ3) is 5.47. The Balaban J connectivity index is 2.55. The Morgan fingerprint density at radius 1 is 1.53 bits per heavy atom. The number of aliphatic carboxylic acids is 1. The molecule has 0 radical (unpaired) electrons. The van der Waals surface area contributed by atoms with Crippen LogP contribution in [0, 0.1) is 5.82 Å². The highest BCUT2D eigenvalue weighted by Gasteiger charge is 2.02. The number of hydrogen-bond donors (Lipinski definition) is 1. The average Bonchev–Trinajstić information content (AvgIpc) is 2.14. The molecular weight excluding hydrogens is 245 g/mol. The summed E-state index contributed by atoms with van der Waals surface area (Å²) in [6.07, 6.45) is 2.61. The summed E-state index contributed by atoms with van der Waals surface area (Å²) in [7, 11) is 1.81. The fraction of sp³-hybridized carbons (Fsp3) is 0.250. The molecule has 0 heterocycles. The Morgan fingerprint density at radius 2 is 2.24 bits per heavy atom. The van der Waals surface area contributed by atoms with Gasteiger partial charge in [0, 0.05) is 24.2 Å². The number of nitrogens with zero attached hydrogens (tertiary/aromatic N) is 1. The van der Waals surface area contributed by atoms with Gasteiger partial charge in [0.2, 0.25) is 0 Å². The number of hydrogen-bond acceptors (Lipinski definition) is 2. The fourth-order valence-electron chi connectivity index (χ4n) is 1.41. The van der Waals surface area contributed by atoms with E-state index in [9.17, 15) is 9.18 Å². The zero-order chi connectivity index (χ0) is 12.8. The minimum Gasteiger partial charge on any atom is -0.478 e. The highest BCUT2D eigenvalue weighted by molar-refractivity contribution is 6.30. The standard InChI is InChI=1S/C12H13ClFNO2/c1-15(4-2-3-12(16)17)8-9-5-10(13)7-11(14)6-9/h2-3,5-7H,4,8H2,1H3,(H,16,17)/b3-2+. The van der Waals surface area contributed by atoms with Crippen molar-refractivity contribution in [1.29, 1.82) is 0 Å². The van der Waals surface area contributed by atoms with E-state index in [1.54, 1.807) is 6.07 Å². The molecule has 1 aromatic carbocycles. The normalized spacial score (nSPS) is 11.3. The van der Waals surface area contributed by atoms with Gasteiger partial charge in [0.05, 0.1) is 0 Å². The summed E-state index contributed by atoms with van der Waals surface area (Å²) in [6, 6.07) is 4.33. The summed E-state index contributed by atoms with van der Waals surface area (Å²) in [5.41, 5.74) is 0.751. The van der Waals surface area contributed by atoms with Gasteiger partial charge >= 0.3 is 5.97 Å². The van der Waals surface area contributed by atoms with Gasteiger partial charge in [-0.1, -0.05) is 17.7 Å². The van der Waals surface area contributed by atoms with E-state index in [1.807, 2.05) is 11.9 Å². The molecule has 0 fully saturated rings. The van der Waals surface area contributed by atoms with Gasteiger partial charge < -0.3 is 5.11 Å². The Labute approximate surface area is 104 Å². The molecule has 0 aliphatic carbocycles. The molecule has 5 heteroatoms. The number of benzene rings is 1. The topological polar surface area (TPSA) is 40.5 Å². The molecule has 0 bridgehead atoms. The number of carboxylic acid groups (broad SMARTS) is 1. The molecule has 0 amide bonds. The molecule has 0 saturated carbocycles. The van der Waals surface area contributed by atoms with Gasteiger partial charge in [-0.05, 0) is 30.8 Å². The molecule has 1 rings (SSSR count). The molecule has 0 spiro atoms. The van der Waals surface area contributed by atoms with E-state index >= 15 is 0 Å². The maximum absolute atomic E-state index is 13.0. The second-order valence-electron chi connectivity index (χ2n) is 3.72. The number of carboxylic acids is 1. The summed E-state index contributed by atoms with van der Waals surface area (Å²) in [5, 5.41) is 8.77. The highest BCUT2D eigenvalue weighted by atomic mass is 35.5. The van der Waals surface area contributed by atoms with Gasteiger partial charge in [0.15, 0.2) is 0 Å². The third-order valence-electron chi connectivity index (χ3n) is 2.05. The first-order valence-corrected chi connectivity index (χ1v) is 5.38. The van der Waals surface area contributed by atoms with Crippen molar-refractivity contribution in [2.24, 2.45) is 0 Å². The van der Waals surface area contributed by atoms with Crippen LogP contribution in [0.15, 0.2) is 30.4 Å². The number of carbonyl (C=O) groups is 1. The van der Waals surface area contributed by atoms with Crippen LogP contribution in [0.3, 0.4) is 0 Å². The lowest BCUT2D eigenvalue weighted by Gasteiger charge is -2.14. The molecule has 92 valence electrons.